The maximum absolute atomic E-state index is 11.8. The van der Waals surface area contributed by atoms with Gasteiger partial charge >= 0.3 is 5.69 Å². The Morgan fingerprint density at radius 3 is 3.07 bits per heavy atom. The van der Waals surface area contributed by atoms with Crippen LogP contribution in [0.25, 0.3) is 16.0 Å². The topological polar surface area (TPSA) is 72.2 Å². The molecule has 0 atom stereocenters. The van der Waals surface area contributed by atoms with Crippen molar-refractivity contribution in [2.75, 3.05) is 0 Å². The van der Waals surface area contributed by atoms with Crippen LogP contribution in [-0.4, -0.2) is 19.2 Å². The molecule has 0 radical (unpaired) electrons. The summed E-state index contributed by atoms with van der Waals surface area (Å²) in [7, 11) is 1.67. The second kappa shape index (κ2) is 2.57. The average Bonchev–Trinajstić information content (AvgIpc) is 2.80. The molecule has 3 rings (SSSR count). The molecular weight excluding hydrogens is 216 g/mol. The van der Waals surface area contributed by atoms with E-state index in [4.69, 9.17) is 0 Å². The SMILES string of the molecule is Cn1c(=O)c2n[nH]c(=O)n2c2ccsc21. The number of thiophene rings is 1. The molecule has 7 heteroatoms. The fraction of sp³-hybridized carbons (Fsp3) is 0.125. The standard InChI is InChI=1S/C8H6N4O2S/c1-11-6(13)5-9-10-8(14)12(5)4-2-3-15-7(4)11/h2-3H,1H3,(H,10,14). The van der Waals surface area contributed by atoms with Crippen molar-refractivity contribution in [1.82, 2.24) is 19.2 Å². The zero-order valence-corrected chi connectivity index (χ0v) is 8.54. The van der Waals surface area contributed by atoms with E-state index in [0.29, 0.717) is 5.52 Å². The van der Waals surface area contributed by atoms with Crippen molar-refractivity contribution in [3.63, 3.8) is 0 Å². The Balaban J connectivity index is 2.87. The van der Waals surface area contributed by atoms with Crippen LogP contribution < -0.4 is 11.2 Å². The first kappa shape index (κ1) is 8.42. The molecule has 0 bridgehead atoms. The van der Waals surface area contributed by atoms with Gasteiger partial charge in [0.1, 0.15) is 4.83 Å². The highest BCUT2D eigenvalue weighted by Crippen LogP contribution is 2.17. The predicted octanol–water partition coefficient (Wildman–Crippen LogP) is -0.0640. The summed E-state index contributed by atoms with van der Waals surface area (Å²) in [5, 5.41) is 7.82. The molecule has 0 aliphatic heterocycles. The first-order chi connectivity index (χ1) is 7.20. The van der Waals surface area contributed by atoms with Gasteiger partial charge in [0, 0.05) is 7.05 Å². The van der Waals surface area contributed by atoms with Crippen LogP contribution in [0.5, 0.6) is 0 Å². The first-order valence-electron chi connectivity index (χ1n) is 4.23. The van der Waals surface area contributed by atoms with Gasteiger partial charge in [-0.1, -0.05) is 0 Å². The first-order valence-corrected chi connectivity index (χ1v) is 5.11. The molecule has 0 saturated carbocycles. The minimum atomic E-state index is -0.383. The van der Waals surface area contributed by atoms with Gasteiger partial charge in [0.2, 0.25) is 5.65 Å². The van der Waals surface area contributed by atoms with Crippen molar-refractivity contribution in [2.45, 2.75) is 0 Å². The van der Waals surface area contributed by atoms with Crippen LogP contribution in [0.3, 0.4) is 0 Å². The third-order valence-corrected chi connectivity index (χ3v) is 3.32. The Morgan fingerprint density at radius 2 is 2.27 bits per heavy atom. The number of H-pyrrole nitrogens is 1. The van der Waals surface area contributed by atoms with Crippen LogP contribution in [-0.2, 0) is 7.05 Å². The molecule has 0 saturated heterocycles. The number of rotatable bonds is 0. The number of aromatic amines is 1. The zero-order chi connectivity index (χ0) is 10.6. The number of nitrogens with one attached hydrogen (secondary N) is 1. The molecule has 0 aliphatic rings. The number of fused-ring (bicyclic) bond motifs is 3. The lowest BCUT2D eigenvalue weighted by Crippen LogP contribution is -2.22. The maximum atomic E-state index is 11.8. The summed E-state index contributed by atoms with van der Waals surface area (Å²) in [5.41, 5.74) is 0.179. The minimum Gasteiger partial charge on any atom is -0.298 e. The van der Waals surface area contributed by atoms with E-state index in [0.717, 1.165) is 4.83 Å². The van der Waals surface area contributed by atoms with Crippen molar-refractivity contribution >= 4 is 27.3 Å². The van der Waals surface area contributed by atoms with E-state index in [1.807, 2.05) is 5.38 Å². The Kier molecular flexibility index (Phi) is 1.44. The molecule has 76 valence electrons. The third-order valence-electron chi connectivity index (χ3n) is 2.34. The van der Waals surface area contributed by atoms with Crippen molar-refractivity contribution in [1.29, 1.82) is 0 Å². The molecule has 0 unspecified atom stereocenters. The number of hydrogen-bond donors (Lipinski definition) is 1. The molecular formula is C8H6N4O2S. The van der Waals surface area contributed by atoms with Crippen LogP contribution >= 0.6 is 11.3 Å². The predicted molar refractivity (Wildman–Crippen MR) is 56.4 cm³/mol. The second-order valence-electron chi connectivity index (χ2n) is 3.16. The molecule has 3 heterocycles. The van der Waals surface area contributed by atoms with Gasteiger partial charge in [0.25, 0.3) is 5.56 Å². The number of aromatic nitrogens is 4. The smallest absolute Gasteiger partial charge is 0.298 e. The van der Waals surface area contributed by atoms with Gasteiger partial charge in [-0.15, -0.1) is 16.4 Å². The third kappa shape index (κ3) is 0.899. The summed E-state index contributed by atoms with van der Waals surface area (Å²) in [4.78, 5) is 24.0. The summed E-state index contributed by atoms with van der Waals surface area (Å²) in [6, 6.07) is 1.80. The molecule has 0 aliphatic carbocycles. The molecule has 3 aromatic heterocycles. The normalized spacial score (nSPS) is 11.5. The quantitative estimate of drug-likeness (QED) is 0.579. The molecule has 0 fully saturated rings. The Morgan fingerprint density at radius 1 is 1.47 bits per heavy atom. The van der Waals surface area contributed by atoms with Crippen LogP contribution in [0.2, 0.25) is 0 Å². The molecule has 1 N–H and O–H groups in total. The summed E-state index contributed by atoms with van der Waals surface area (Å²) >= 11 is 1.42. The zero-order valence-electron chi connectivity index (χ0n) is 7.72. The maximum Gasteiger partial charge on any atom is 0.348 e. The number of nitrogens with zero attached hydrogens (tertiary/aromatic N) is 3. The van der Waals surface area contributed by atoms with E-state index < -0.39 is 0 Å². The van der Waals surface area contributed by atoms with Crippen LogP contribution in [0.1, 0.15) is 0 Å². The van der Waals surface area contributed by atoms with Gasteiger partial charge < -0.3 is 0 Å². The fourth-order valence-corrected chi connectivity index (χ4v) is 2.47. The van der Waals surface area contributed by atoms with Crippen LogP contribution in [0.15, 0.2) is 21.0 Å². The van der Waals surface area contributed by atoms with Crippen molar-refractivity contribution in [2.24, 2.45) is 7.05 Å². The van der Waals surface area contributed by atoms with E-state index in [1.54, 1.807) is 13.1 Å². The lowest BCUT2D eigenvalue weighted by atomic mass is 10.5. The van der Waals surface area contributed by atoms with Gasteiger partial charge in [-0.25, -0.2) is 14.3 Å². The van der Waals surface area contributed by atoms with E-state index in [-0.39, 0.29) is 16.9 Å². The average molecular weight is 222 g/mol. The Hall–Kier alpha value is -1.89. The van der Waals surface area contributed by atoms with E-state index in [1.165, 1.54) is 20.3 Å². The van der Waals surface area contributed by atoms with Crippen molar-refractivity contribution < 1.29 is 0 Å². The van der Waals surface area contributed by atoms with Crippen molar-refractivity contribution in [3.8, 4) is 0 Å². The summed E-state index contributed by atoms with van der Waals surface area (Å²) in [6.45, 7) is 0. The summed E-state index contributed by atoms with van der Waals surface area (Å²) in [5.74, 6) is 0. The highest BCUT2D eigenvalue weighted by Gasteiger charge is 2.12. The molecule has 0 spiro atoms. The van der Waals surface area contributed by atoms with E-state index in [2.05, 4.69) is 10.2 Å². The van der Waals surface area contributed by atoms with E-state index >= 15 is 0 Å². The number of aryl methyl sites for hydroxylation is 1. The highest BCUT2D eigenvalue weighted by atomic mass is 32.1. The lowest BCUT2D eigenvalue weighted by molar-refractivity contribution is 0.902. The van der Waals surface area contributed by atoms with Crippen LogP contribution in [0.4, 0.5) is 0 Å². The second-order valence-corrected chi connectivity index (χ2v) is 4.06. The fourth-order valence-electron chi connectivity index (χ4n) is 1.62. The molecule has 15 heavy (non-hydrogen) atoms. The Labute approximate surface area is 86.4 Å². The Bertz CT molecular complexity index is 775. The van der Waals surface area contributed by atoms with Crippen molar-refractivity contribution in [3.05, 3.63) is 32.3 Å². The molecule has 0 amide bonds. The molecule has 6 nitrogen and oxygen atoms in total. The van der Waals surface area contributed by atoms with Gasteiger partial charge in [0.05, 0.1) is 5.52 Å². The molecule has 0 aromatic carbocycles. The largest absolute Gasteiger partial charge is 0.348 e. The van der Waals surface area contributed by atoms with Gasteiger partial charge in [-0.2, -0.15) is 0 Å². The monoisotopic (exact) mass is 222 g/mol. The highest BCUT2D eigenvalue weighted by molar-refractivity contribution is 7.16. The van der Waals surface area contributed by atoms with E-state index in [9.17, 15) is 9.59 Å². The van der Waals surface area contributed by atoms with Crippen LogP contribution in [0, 0.1) is 0 Å². The summed E-state index contributed by atoms with van der Waals surface area (Å²) in [6.07, 6.45) is 0. The van der Waals surface area contributed by atoms with Gasteiger partial charge in [-0.05, 0) is 11.4 Å². The molecule has 3 aromatic rings. The van der Waals surface area contributed by atoms with Gasteiger partial charge in [0.15, 0.2) is 0 Å². The summed E-state index contributed by atoms with van der Waals surface area (Å²) < 4.78 is 2.80. The minimum absolute atomic E-state index is 0.133. The lowest BCUT2D eigenvalue weighted by Gasteiger charge is -2.00. The number of hydrogen-bond acceptors (Lipinski definition) is 4. The van der Waals surface area contributed by atoms with Gasteiger partial charge in [-0.3, -0.25) is 9.36 Å².